The summed E-state index contributed by atoms with van der Waals surface area (Å²) >= 11 is 6.42. The van der Waals surface area contributed by atoms with Gasteiger partial charge in [-0.1, -0.05) is 0 Å². The topological polar surface area (TPSA) is 72.9 Å². The summed E-state index contributed by atoms with van der Waals surface area (Å²) in [5, 5.41) is 8.47. The number of fused-ring (bicyclic) bond motifs is 2. The van der Waals surface area contributed by atoms with E-state index in [1.807, 2.05) is 18.2 Å². The molecule has 122 valence electrons. The Hall–Kier alpha value is -1.28. The van der Waals surface area contributed by atoms with E-state index in [4.69, 9.17) is 17.3 Å². The third-order valence-electron chi connectivity index (χ3n) is 4.46. The van der Waals surface area contributed by atoms with Crippen LogP contribution < -0.4 is 32.3 Å². The van der Waals surface area contributed by atoms with Gasteiger partial charge in [0.05, 0.1) is 0 Å². The van der Waals surface area contributed by atoms with Crippen molar-refractivity contribution >= 4 is 29.0 Å². The number of nitrogen functional groups attached to an aromatic ring is 1. The van der Waals surface area contributed by atoms with Crippen LogP contribution in [0.25, 0.3) is 0 Å². The molecule has 0 saturated carbocycles. The van der Waals surface area contributed by atoms with E-state index < -0.39 is 0 Å². The first-order chi connectivity index (χ1) is 11.2. The normalized spacial score (nSPS) is 20.0. The quantitative estimate of drug-likeness (QED) is 0.461. The molecule has 0 fully saturated rings. The van der Waals surface area contributed by atoms with Crippen molar-refractivity contribution in [1.82, 2.24) is 9.78 Å². The summed E-state index contributed by atoms with van der Waals surface area (Å²) in [7, 11) is 0. The summed E-state index contributed by atoms with van der Waals surface area (Å²) < 4.78 is 3.70. The maximum atomic E-state index is 13.1. The number of carbonyl (C=O) groups excluding carboxylic acids is 1. The fourth-order valence-electron chi connectivity index (χ4n) is 3.26. The van der Waals surface area contributed by atoms with E-state index in [0.717, 1.165) is 46.3 Å². The van der Waals surface area contributed by atoms with Crippen LogP contribution in [-0.2, 0) is 10.8 Å². The Labute approximate surface area is 149 Å². The molecule has 5 nitrogen and oxygen atoms in total. The number of anilines is 2. The average molecular weight is 444 g/mol. The first-order valence-corrected chi connectivity index (χ1v) is 11.1. The Bertz CT molecular complexity index is 789. The Morgan fingerprint density at radius 3 is 3.17 bits per heavy atom. The van der Waals surface area contributed by atoms with E-state index in [1.165, 1.54) is 9.11 Å². The summed E-state index contributed by atoms with van der Waals surface area (Å²) in [5.41, 5.74) is 10.2. The minimum absolute atomic E-state index is 0.0416. The van der Waals surface area contributed by atoms with Crippen molar-refractivity contribution in [2.45, 2.75) is 23.2 Å². The summed E-state index contributed by atoms with van der Waals surface area (Å²) in [5.74, 6) is 0.259. The molecule has 1 atom stereocenters. The number of nitrogens with one attached hydrogen (secondary N) is 1. The molecule has 0 saturated heterocycles. The van der Waals surface area contributed by atoms with Crippen LogP contribution in [-0.4, -0.2) is 26.7 Å². The van der Waals surface area contributed by atoms with Crippen LogP contribution in [0.1, 0.15) is 34.0 Å². The van der Waals surface area contributed by atoms with Gasteiger partial charge in [0.2, 0.25) is 0 Å². The fourth-order valence-corrected chi connectivity index (χ4v) is 6.15. The first kappa shape index (κ1) is 15.3. The van der Waals surface area contributed by atoms with E-state index in [9.17, 15) is 4.79 Å². The van der Waals surface area contributed by atoms with E-state index in [0.29, 0.717) is 10.8 Å². The number of nitrogens with two attached hydrogens (primary N) is 1. The van der Waals surface area contributed by atoms with Crippen LogP contribution in [0, 0.1) is 0 Å². The molecule has 3 N–H and O–H groups in total. The second-order valence-electron chi connectivity index (χ2n) is 5.79. The molecular formula is C16H17ClIN4O-. The summed E-state index contributed by atoms with van der Waals surface area (Å²) in [6, 6.07) is 5.68. The molecule has 1 aromatic carbocycles. The zero-order chi connectivity index (χ0) is 16.0. The number of aryl methyl sites for hydroxylation is 1. The third-order valence-corrected chi connectivity index (χ3v) is 7.38. The van der Waals surface area contributed by atoms with E-state index in [1.54, 1.807) is 0 Å². The van der Waals surface area contributed by atoms with Crippen molar-refractivity contribution in [3.63, 3.8) is 0 Å². The molecule has 0 amide bonds. The first-order valence-electron chi connectivity index (χ1n) is 7.63. The predicted molar refractivity (Wildman–Crippen MR) is 86.8 cm³/mol. The Balaban J connectivity index is 1.74. The molecule has 1 aromatic heterocycles. The van der Waals surface area contributed by atoms with Crippen LogP contribution in [0.5, 0.6) is 0 Å². The number of alkyl halides is 2. The predicted octanol–water partition coefficient (Wildman–Crippen LogP) is -0.497. The van der Waals surface area contributed by atoms with Crippen molar-refractivity contribution in [3.05, 3.63) is 40.0 Å². The van der Waals surface area contributed by atoms with Crippen LogP contribution in [0.2, 0.25) is 5.02 Å². The van der Waals surface area contributed by atoms with Gasteiger partial charge in [0.15, 0.2) is 0 Å². The van der Waals surface area contributed by atoms with Gasteiger partial charge < -0.3 is 0 Å². The number of hydrogen-bond acceptors (Lipinski definition) is 4. The fraction of sp³-hybridized carbons (Fsp3) is 0.375. The summed E-state index contributed by atoms with van der Waals surface area (Å²) in [6.45, 7) is 0.722. The molecule has 3 heterocycles. The van der Waals surface area contributed by atoms with Gasteiger partial charge in [-0.15, -0.1) is 0 Å². The van der Waals surface area contributed by atoms with E-state index >= 15 is 0 Å². The Morgan fingerprint density at radius 1 is 1.48 bits per heavy atom. The third kappa shape index (κ3) is 2.52. The molecule has 0 aliphatic carbocycles. The molecule has 4 rings (SSSR count). The molecule has 0 unspecified atom stereocenters. The SMILES string of the molecule is Nc1c2c(nn1C(=O)[C@@H]1CCNc3c(Cl)cccc31)CC[I-]C2. The van der Waals surface area contributed by atoms with Crippen LogP contribution in [0.4, 0.5) is 11.5 Å². The van der Waals surface area contributed by atoms with Gasteiger partial charge in [-0.25, -0.2) is 0 Å². The Morgan fingerprint density at radius 2 is 2.35 bits per heavy atom. The molecule has 2 aromatic rings. The molecular weight excluding hydrogens is 427 g/mol. The van der Waals surface area contributed by atoms with Gasteiger partial charge in [-0.2, -0.15) is 0 Å². The molecule has 0 spiro atoms. The van der Waals surface area contributed by atoms with Crippen molar-refractivity contribution in [2.24, 2.45) is 0 Å². The molecule has 7 heteroatoms. The molecule has 2 aliphatic rings. The molecule has 0 radical (unpaired) electrons. The van der Waals surface area contributed by atoms with Gasteiger partial charge in [0.25, 0.3) is 0 Å². The van der Waals surface area contributed by atoms with E-state index in [-0.39, 0.29) is 33.0 Å². The minimum atomic E-state index is -0.247. The maximum absolute atomic E-state index is 13.1. The van der Waals surface area contributed by atoms with E-state index in [2.05, 4.69) is 10.4 Å². The van der Waals surface area contributed by atoms with Gasteiger partial charge in [0.1, 0.15) is 0 Å². The number of halogens is 2. The average Bonchev–Trinajstić information content (AvgIpc) is 2.92. The van der Waals surface area contributed by atoms with Gasteiger partial charge in [-0.05, 0) is 0 Å². The number of para-hydroxylation sites is 1. The monoisotopic (exact) mass is 443 g/mol. The molecule has 0 bridgehead atoms. The van der Waals surface area contributed by atoms with Crippen LogP contribution >= 0.6 is 11.6 Å². The number of hydrogen-bond donors (Lipinski definition) is 2. The van der Waals surface area contributed by atoms with Gasteiger partial charge in [0, 0.05) is 0 Å². The Kier molecular flexibility index (Phi) is 3.96. The number of aromatic nitrogens is 2. The zero-order valence-electron chi connectivity index (χ0n) is 12.5. The van der Waals surface area contributed by atoms with Crippen molar-refractivity contribution in [1.29, 1.82) is 0 Å². The summed E-state index contributed by atoms with van der Waals surface area (Å²) in [6.07, 6.45) is 1.69. The zero-order valence-corrected chi connectivity index (χ0v) is 15.4. The molecule has 2 aliphatic heterocycles. The second-order valence-corrected chi connectivity index (χ2v) is 9.12. The molecule has 23 heavy (non-hydrogen) atoms. The van der Waals surface area contributed by atoms with Crippen molar-refractivity contribution in [2.75, 3.05) is 22.0 Å². The standard InChI is InChI=1S/C16H17ClIN4O/c17-12-3-1-2-9-10(5-7-20-14(9)12)16(23)22-15(19)11-8-18-6-4-13(11)21-22/h1-3,10,20H,4-8,19H2/q-1/t10-/m1/s1. The van der Waals surface area contributed by atoms with Crippen LogP contribution in [0.15, 0.2) is 18.2 Å². The summed E-state index contributed by atoms with van der Waals surface area (Å²) in [4.78, 5) is 13.1. The number of nitrogens with zero attached hydrogens (tertiary/aromatic N) is 2. The van der Waals surface area contributed by atoms with Crippen LogP contribution in [0.3, 0.4) is 0 Å². The number of carbonyl (C=O) groups is 1. The van der Waals surface area contributed by atoms with Crippen molar-refractivity contribution in [3.8, 4) is 0 Å². The van der Waals surface area contributed by atoms with Gasteiger partial charge >= 0.3 is 150 Å². The second kappa shape index (κ2) is 5.98. The number of rotatable bonds is 1. The van der Waals surface area contributed by atoms with Crippen molar-refractivity contribution < 1.29 is 26.0 Å². The number of benzene rings is 1. The van der Waals surface area contributed by atoms with Gasteiger partial charge in [-0.3, -0.25) is 0 Å².